The van der Waals surface area contributed by atoms with Gasteiger partial charge in [-0.05, 0) is 18.2 Å². The van der Waals surface area contributed by atoms with Gasteiger partial charge in [-0.25, -0.2) is 0 Å². The molecule has 0 N–H and O–H groups in total. The van der Waals surface area contributed by atoms with Crippen molar-refractivity contribution in [1.82, 2.24) is 0 Å². The summed E-state index contributed by atoms with van der Waals surface area (Å²) in [6.07, 6.45) is 1.58. The molecule has 2 aromatic rings. The summed E-state index contributed by atoms with van der Waals surface area (Å²) in [5, 5.41) is 22.4. The summed E-state index contributed by atoms with van der Waals surface area (Å²) in [6.45, 7) is 2.30. The summed E-state index contributed by atoms with van der Waals surface area (Å²) in [7, 11) is 0. The second kappa shape index (κ2) is 9.02. The normalized spacial score (nSPS) is 17.8. The number of hydrogen-bond donors (Lipinski definition) is 0. The molecule has 2 aromatic carbocycles. The summed E-state index contributed by atoms with van der Waals surface area (Å²) in [6, 6.07) is 10.2. The first-order valence-corrected chi connectivity index (χ1v) is 10.7. The molecule has 0 unspecified atom stereocenters. The molecule has 2 fully saturated rings. The zero-order valence-electron chi connectivity index (χ0n) is 16.5. The van der Waals surface area contributed by atoms with Gasteiger partial charge < -0.3 is 9.64 Å². The van der Waals surface area contributed by atoms with Crippen molar-refractivity contribution in [1.29, 1.82) is 0 Å². The molecule has 2 saturated heterocycles. The molecule has 164 valence electrons. The van der Waals surface area contributed by atoms with E-state index in [0.29, 0.717) is 31.9 Å². The molecule has 0 aromatic heterocycles. The van der Waals surface area contributed by atoms with Crippen LogP contribution >= 0.6 is 24.0 Å². The molecule has 2 aliphatic rings. The largest absolute Gasteiger partial charge is 0.378 e. The molecule has 1 amide bonds. The first kappa shape index (κ1) is 21.9. The Kier molecular flexibility index (Phi) is 6.17. The van der Waals surface area contributed by atoms with Crippen LogP contribution in [0.2, 0.25) is 0 Å². The minimum Gasteiger partial charge on any atom is -0.378 e. The summed E-state index contributed by atoms with van der Waals surface area (Å²) in [5.41, 5.74) is 1.30. The Morgan fingerprint density at radius 3 is 2.41 bits per heavy atom. The highest BCUT2D eigenvalue weighted by molar-refractivity contribution is 8.27. The molecule has 10 nitrogen and oxygen atoms in total. The number of nitrogens with zero attached hydrogens (tertiary/aromatic N) is 4. The molecule has 4 rings (SSSR count). The lowest BCUT2D eigenvalue weighted by molar-refractivity contribution is -0.385. The maximum Gasteiger partial charge on any atom is 0.271 e. The minimum atomic E-state index is -0.547. The Labute approximate surface area is 191 Å². The lowest BCUT2D eigenvalue weighted by Gasteiger charge is -2.30. The van der Waals surface area contributed by atoms with Crippen LogP contribution in [0.5, 0.6) is 0 Å². The van der Waals surface area contributed by atoms with E-state index in [4.69, 9.17) is 17.0 Å². The number of nitro benzene ring substituents is 2. The van der Waals surface area contributed by atoms with Gasteiger partial charge in [-0.3, -0.25) is 29.9 Å². The van der Waals surface area contributed by atoms with E-state index < -0.39 is 15.8 Å². The van der Waals surface area contributed by atoms with Crippen molar-refractivity contribution in [3.05, 3.63) is 73.2 Å². The van der Waals surface area contributed by atoms with E-state index in [1.54, 1.807) is 18.2 Å². The van der Waals surface area contributed by atoms with Crippen LogP contribution < -0.4 is 9.80 Å². The van der Waals surface area contributed by atoms with Crippen molar-refractivity contribution in [2.75, 3.05) is 36.1 Å². The van der Waals surface area contributed by atoms with Crippen LogP contribution in [-0.2, 0) is 9.53 Å². The van der Waals surface area contributed by atoms with Gasteiger partial charge in [0.1, 0.15) is 0 Å². The lowest BCUT2D eigenvalue weighted by Crippen LogP contribution is -2.36. The average molecular weight is 473 g/mol. The van der Waals surface area contributed by atoms with Gasteiger partial charge in [0.15, 0.2) is 4.32 Å². The van der Waals surface area contributed by atoms with Gasteiger partial charge in [0.25, 0.3) is 17.3 Å². The fourth-order valence-electron chi connectivity index (χ4n) is 3.44. The minimum absolute atomic E-state index is 0.0950. The third kappa shape index (κ3) is 4.33. The number of rotatable bonds is 5. The van der Waals surface area contributed by atoms with Crippen molar-refractivity contribution in [3.63, 3.8) is 0 Å². The van der Waals surface area contributed by atoms with Gasteiger partial charge in [-0.2, -0.15) is 0 Å². The first-order chi connectivity index (χ1) is 15.3. The predicted molar refractivity (Wildman–Crippen MR) is 125 cm³/mol. The SMILES string of the molecule is O=C1/C(=C\c2cc([N+](=O)[O-])ccc2N2CCOCC2)SC(=S)N1c1cccc([N+](=O)[O-])c1. The summed E-state index contributed by atoms with van der Waals surface area (Å²) < 4.78 is 5.60. The van der Waals surface area contributed by atoms with Crippen LogP contribution in [0, 0.1) is 20.2 Å². The summed E-state index contributed by atoms with van der Waals surface area (Å²) in [4.78, 5) is 38.0. The van der Waals surface area contributed by atoms with Crippen LogP contribution in [0.1, 0.15) is 5.56 Å². The Bertz CT molecular complexity index is 1160. The number of nitro groups is 2. The lowest BCUT2D eigenvalue weighted by atomic mass is 10.1. The molecule has 32 heavy (non-hydrogen) atoms. The van der Waals surface area contributed by atoms with E-state index in [2.05, 4.69) is 0 Å². The van der Waals surface area contributed by atoms with E-state index in [1.807, 2.05) is 4.90 Å². The number of carbonyl (C=O) groups excluding carboxylic acids is 1. The summed E-state index contributed by atoms with van der Waals surface area (Å²) >= 11 is 6.39. The topological polar surface area (TPSA) is 119 Å². The van der Waals surface area contributed by atoms with Crippen molar-refractivity contribution >= 4 is 63.0 Å². The van der Waals surface area contributed by atoms with Gasteiger partial charge in [0.2, 0.25) is 0 Å². The molecule has 0 saturated carbocycles. The fourth-order valence-corrected chi connectivity index (χ4v) is 4.73. The van der Waals surface area contributed by atoms with Crippen molar-refractivity contribution in [2.45, 2.75) is 0 Å². The highest BCUT2D eigenvalue weighted by atomic mass is 32.2. The third-order valence-electron chi connectivity index (χ3n) is 4.95. The highest BCUT2D eigenvalue weighted by Crippen LogP contribution is 2.38. The first-order valence-electron chi connectivity index (χ1n) is 9.48. The summed E-state index contributed by atoms with van der Waals surface area (Å²) in [5.74, 6) is -0.445. The van der Waals surface area contributed by atoms with Gasteiger partial charge >= 0.3 is 0 Å². The zero-order chi connectivity index (χ0) is 22.8. The molecule has 2 heterocycles. The quantitative estimate of drug-likeness (QED) is 0.277. The van der Waals surface area contributed by atoms with Gasteiger partial charge in [0.05, 0.1) is 33.7 Å². The number of anilines is 2. The zero-order valence-corrected chi connectivity index (χ0v) is 18.1. The second-order valence-corrected chi connectivity index (χ2v) is 8.57. The number of amides is 1. The van der Waals surface area contributed by atoms with E-state index in [1.165, 1.54) is 35.2 Å². The monoisotopic (exact) mass is 472 g/mol. The molecular weight excluding hydrogens is 456 g/mol. The number of thioether (sulfide) groups is 1. The molecule has 0 atom stereocenters. The van der Waals surface area contributed by atoms with Crippen LogP contribution in [-0.4, -0.2) is 46.4 Å². The van der Waals surface area contributed by atoms with E-state index in [9.17, 15) is 25.0 Å². The Balaban J connectivity index is 1.72. The second-order valence-electron chi connectivity index (χ2n) is 6.89. The number of benzene rings is 2. The number of thiocarbonyl (C=S) groups is 1. The fraction of sp³-hybridized carbons (Fsp3) is 0.200. The number of ether oxygens (including phenoxy) is 1. The molecule has 0 spiro atoms. The Hall–Kier alpha value is -3.35. The smallest absolute Gasteiger partial charge is 0.271 e. The van der Waals surface area contributed by atoms with Crippen LogP contribution in [0.3, 0.4) is 0 Å². The number of carbonyl (C=O) groups is 1. The van der Waals surface area contributed by atoms with Crippen molar-refractivity contribution < 1.29 is 19.4 Å². The molecule has 0 bridgehead atoms. The van der Waals surface area contributed by atoms with Gasteiger partial charge in [-0.15, -0.1) is 0 Å². The molecule has 0 aliphatic carbocycles. The van der Waals surface area contributed by atoms with E-state index >= 15 is 0 Å². The third-order valence-corrected chi connectivity index (χ3v) is 6.25. The highest BCUT2D eigenvalue weighted by Gasteiger charge is 2.34. The number of non-ortho nitro benzene ring substituents is 2. The van der Waals surface area contributed by atoms with Gasteiger partial charge in [-0.1, -0.05) is 30.0 Å². The van der Waals surface area contributed by atoms with Crippen molar-refractivity contribution in [2.24, 2.45) is 0 Å². The Morgan fingerprint density at radius 2 is 1.72 bits per heavy atom. The molecular formula is C20H16N4O6S2. The average Bonchev–Trinajstić information content (AvgIpc) is 3.07. The molecule has 2 aliphatic heterocycles. The maximum atomic E-state index is 13.1. The number of morpholine rings is 1. The molecule has 12 heteroatoms. The maximum absolute atomic E-state index is 13.1. The Morgan fingerprint density at radius 1 is 1.03 bits per heavy atom. The van der Waals surface area contributed by atoms with E-state index in [0.717, 1.165) is 17.4 Å². The standard InChI is InChI=1S/C20H16N4O6S2/c25-19-18(32-20(31)22(19)14-2-1-3-15(12-14)23(26)27)11-13-10-16(24(28)29)4-5-17(13)21-6-8-30-9-7-21/h1-5,10-12H,6-9H2/b18-11+. The van der Waals surface area contributed by atoms with E-state index in [-0.39, 0.29) is 26.3 Å². The molecule has 0 radical (unpaired) electrons. The van der Waals surface area contributed by atoms with Crippen LogP contribution in [0.25, 0.3) is 6.08 Å². The van der Waals surface area contributed by atoms with Crippen LogP contribution in [0.4, 0.5) is 22.7 Å². The predicted octanol–water partition coefficient (Wildman–Crippen LogP) is 3.75. The number of hydrogen-bond acceptors (Lipinski definition) is 9. The van der Waals surface area contributed by atoms with Gasteiger partial charge in [0, 0.05) is 48.6 Å². The van der Waals surface area contributed by atoms with Crippen LogP contribution in [0.15, 0.2) is 47.4 Å². The van der Waals surface area contributed by atoms with Crippen molar-refractivity contribution in [3.8, 4) is 0 Å².